The van der Waals surface area contributed by atoms with Crippen LogP contribution in [0, 0.1) is 5.82 Å². The van der Waals surface area contributed by atoms with Gasteiger partial charge < -0.3 is 15.8 Å². The second kappa shape index (κ2) is 8.25. The van der Waals surface area contributed by atoms with Crippen molar-refractivity contribution in [3.05, 3.63) is 17.9 Å². The van der Waals surface area contributed by atoms with Crippen LogP contribution in [-0.2, 0) is 0 Å². The molecule has 0 fully saturated rings. The first-order chi connectivity index (χ1) is 9.43. The Hall–Kier alpha value is -1.10. The van der Waals surface area contributed by atoms with Crippen LogP contribution in [0.25, 0.3) is 0 Å². The Morgan fingerprint density at radius 3 is 2.65 bits per heavy atom. The van der Waals surface area contributed by atoms with Crippen molar-refractivity contribution >= 4 is 23.1 Å². The first-order valence-electron chi connectivity index (χ1n) is 7.04. The van der Waals surface area contributed by atoms with Gasteiger partial charge in [-0.05, 0) is 38.7 Å². The fourth-order valence-corrected chi connectivity index (χ4v) is 2.59. The van der Waals surface area contributed by atoms with Gasteiger partial charge >= 0.3 is 0 Å². The van der Waals surface area contributed by atoms with E-state index in [1.54, 1.807) is 6.07 Å². The molecule has 20 heavy (non-hydrogen) atoms. The molecule has 0 heterocycles. The van der Waals surface area contributed by atoms with Crippen LogP contribution in [-0.4, -0.2) is 23.7 Å². The van der Waals surface area contributed by atoms with Crippen molar-refractivity contribution in [1.82, 2.24) is 0 Å². The molecular formula is C15H25FN2OS. The first-order valence-corrected chi connectivity index (χ1v) is 8.19. The highest BCUT2D eigenvalue weighted by Gasteiger charge is 2.12. The van der Waals surface area contributed by atoms with Crippen LogP contribution in [0.2, 0.25) is 0 Å². The molecule has 0 aromatic heterocycles. The van der Waals surface area contributed by atoms with Crippen molar-refractivity contribution in [3.63, 3.8) is 0 Å². The second-order valence-corrected chi connectivity index (χ2v) is 6.46. The van der Waals surface area contributed by atoms with E-state index in [1.165, 1.54) is 6.07 Å². The van der Waals surface area contributed by atoms with E-state index < -0.39 is 5.82 Å². The number of benzene rings is 1. The van der Waals surface area contributed by atoms with E-state index in [9.17, 15) is 4.39 Å². The smallest absolute Gasteiger partial charge is 0.167 e. The van der Waals surface area contributed by atoms with Gasteiger partial charge in [0.15, 0.2) is 11.6 Å². The summed E-state index contributed by atoms with van der Waals surface area (Å²) in [6, 6.07) is 3.25. The lowest BCUT2D eigenvalue weighted by molar-refractivity contribution is 0.231. The van der Waals surface area contributed by atoms with Crippen LogP contribution >= 0.6 is 11.8 Å². The number of nitrogens with one attached hydrogen (secondary N) is 1. The fraction of sp³-hybridized carbons (Fsp3) is 0.600. The van der Waals surface area contributed by atoms with Crippen LogP contribution in [0.1, 0.15) is 34.1 Å². The maximum Gasteiger partial charge on any atom is 0.167 e. The molecule has 1 aromatic rings. The Bertz CT molecular complexity index is 427. The van der Waals surface area contributed by atoms with E-state index in [0.29, 0.717) is 5.69 Å². The quantitative estimate of drug-likeness (QED) is 0.559. The lowest BCUT2D eigenvalue weighted by Gasteiger charge is -2.19. The number of rotatable bonds is 8. The predicted molar refractivity (Wildman–Crippen MR) is 87.3 cm³/mol. The number of hydrogen-bond acceptors (Lipinski definition) is 4. The summed E-state index contributed by atoms with van der Waals surface area (Å²) in [5.41, 5.74) is 7.00. The minimum Gasteiger partial charge on any atom is -0.488 e. The molecule has 0 saturated heterocycles. The largest absolute Gasteiger partial charge is 0.488 e. The van der Waals surface area contributed by atoms with Gasteiger partial charge in [0, 0.05) is 18.2 Å². The maximum absolute atomic E-state index is 13.7. The molecule has 114 valence electrons. The summed E-state index contributed by atoms with van der Waals surface area (Å²) >= 11 is 1.91. The minimum atomic E-state index is -0.420. The summed E-state index contributed by atoms with van der Waals surface area (Å²) in [4.78, 5) is 0. The van der Waals surface area contributed by atoms with E-state index >= 15 is 0 Å². The normalized spacial score (nSPS) is 12.5. The molecule has 0 spiro atoms. The number of halogens is 1. The fourth-order valence-electron chi connectivity index (χ4n) is 1.78. The summed E-state index contributed by atoms with van der Waals surface area (Å²) in [5, 5.41) is 3.32. The highest BCUT2D eigenvalue weighted by Crippen LogP contribution is 2.29. The Kier molecular flexibility index (Phi) is 6.99. The van der Waals surface area contributed by atoms with Gasteiger partial charge in [-0.1, -0.05) is 6.92 Å². The molecule has 0 bridgehead atoms. The summed E-state index contributed by atoms with van der Waals surface area (Å²) < 4.78 is 19.2. The highest BCUT2D eigenvalue weighted by atomic mass is 32.2. The Morgan fingerprint density at radius 2 is 2.05 bits per heavy atom. The van der Waals surface area contributed by atoms with E-state index in [1.807, 2.05) is 25.6 Å². The molecule has 5 heteroatoms. The van der Waals surface area contributed by atoms with Crippen LogP contribution in [0.15, 0.2) is 12.1 Å². The molecule has 3 N–H and O–H groups in total. The third kappa shape index (κ3) is 5.49. The zero-order valence-corrected chi connectivity index (χ0v) is 13.5. The minimum absolute atomic E-state index is 0.0700. The zero-order valence-electron chi connectivity index (χ0n) is 12.7. The monoisotopic (exact) mass is 300 g/mol. The molecule has 1 aromatic carbocycles. The van der Waals surface area contributed by atoms with Gasteiger partial charge in [0.05, 0.1) is 17.5 Å². The molecular weight excluding hydrogens is 275 g/mol. The maximum atomic E-state index is 13.7. The van der Waals surface area contributed by atoms with Crippen molar-refractivity contribution in [1.29, 1.82) is 0 Å². The van der Waals surface area contributed by atoms with Crippen molar-refractivity contribution < 1.29 is 9.13 Å². The van der Waals surface area contributed by atoms with E-state index in [4.69, 9.17) is 10.5 Å². The zero-order chi connectivity index (χ0) is 15.1. The molecule has 0 amide bonds. The van der Waals surface area contributed by atoms with Crippen molar-refractivity contribution in [3.8, 4) is 5.75 Å². The van der Waals surface area contributed by atoms with Gasteiger partial charge in [-0.3, -0.25) is 0 Å². The second-order valence-electron chi connectivity index (χ2n) is 5.07. The summed E-state index contributed by atoms with van der Waals surface area (Å²) in [6.45, 7) is 7.99. The van der Waals surface area contributed by atoms with Crippen LogP contribution in [0.4, 0.5) is 15.8 Å². The van der Waals surface area contributed by atoms with Crippen molar-refractivity contribution in [2.24, 2.45) is 0 Å². The number of anilines is 2. The van der Waals surface area contributed by atoms with E-state index in [0.717, 1.165) is 23.6 Å². The van der Waals surface area contributed by atoms with Gasteiger partial charge in [0.2, 0.25) is 0 Å². The first kappa shape index (κ1) is 17.0. The van der Waals surface area contributed by atoms with Gasteiger partial charge in [-0.15, -0.1) is 0 Å². The van der Waals surface area contributed by atoms with E-state index in [-0.39, 0.29) is 17.9 Å². The van der Waals surface area contributed by atoms with Crippen LogP contribution in [0.5, 0.6) is 5.75 Å². The Balaban J connectivity index is 2.73. The Labute approximate surface area is 125 Å². The van der Waals surface area contributed by atoms with E-state index in [2.05, 4.69) is 19.2 Å². The van der Waals surface area contributed by atoms with Crippen molar-refractivity contribution in [2.75, 3.05) is 22.6 Å². The molecule has 0 aliphatic rings. The van der Waals surface area contributed by atoms with Gasteiger partial charge in [-0.2, -0.15) is 11.8 Å². The number of hydrogen-bond donors (Lipinski definition) is 2. The number of nitrogen functional groups attached to an aromatic ring is 1. The van der Waals surface area contributed by atoms with Gasteiger partial charge in [0.1, 0.15) is 0 Å². The average Bonchev–Trinajstić information content (AvgIpc) is 2.35. The lowest BCUT2D eigenvalue weighted by atomic mass is 10.2. The summed E-state index contributed by atoms with van der Waals surface area (Å²) in [7, 11) is 0. The molecule has 0 aliphatic carbocycles. The third-order valence-electron chi connectivity index (χ3n) is 2.77. The van der Waals surface area contributed by atoms with Crippen molar-refractivity contribution in [2.45, 2.75) is 46.3 Å². The average molecular weight is 300 g/mol. The standard InChI is InChI=1S/C15H25FN2OS/c1-5-20-7-6-11(4)18-14-9-15(19-10(2)3)12(16)8-13(14)17/h8-11,18H,5-7,17H2,1-4H3. The summed E-state index contributed by atoms with van der Waals surface area (Å²) in [6.07, 6.45) is 0.967. The third-order valence-corrected chi connectivity index (χ3v) is 3.70. The molecule has 1 unspecified atom stereocenters. The van der Waals surface area contributed by atoms with Crippen LogP contribution in [0.3, 0.4) is 0 Å². The van der Waals surface area contributed by atoms with Gasteiger partial charge in [-0.25, -0.2) is 4.39 Å². The molecule has 0 radical (unpaired) electrons. The Morgan fingerprint density at radius 1 is 1.35 bits per heavy atom. The topological polar surface area (TPSA) is 47.3 Å². The van der Waals surface area contributed by atoms with Gasteiger partial charge in [0.25, 0.3) is 0 Å². The molecule has 1 rings (SSSR count). The van der Waals surface area contributed by atoms with Crippen LogP contribution < -0.4 is 15.8 Å². The molecule has 1 atom stereocenters. The molecule has 0 aliphatic heterocycles. The number of ether oxygens (including phenoxy) is 1. The predicted octanol–water partition coefficient (Wildman–Crippen LogP) is 4.14. The molecule has 0 saturated carbocycles. The highest BCUT2D eigenvalue weighted by molar-refractivity contribution is 7.99. The number of thioether (sulfide) groups is 1. The SMILES string of the molecule is CCSCCC(C)Nc1cc(OC(C)C)c(F)cc1N. The summed E-state index contributed by atoms with van der Waals surface area (Å²) in [5.74, 6) is 2.04. The molecule has 3 nitrogen and oxygen atoms in total. The lowest BCUT2D eigenvalue weighted by Crippen LogP contribution is -2.17. The number of nitrogens with two attached hydrogens (primary N) is 1.